The lowest BCUT2D eigenvalue weighted by molar-refractivity contribution is -0.126. The number of rotatable bonds is 4. The van der Waals surface area contributed by atoms with Crippen molar-refractivity contribution < 1.29 is 9.59 Å². The highest BCUT2D eigenvalue weighted by molar-refractivity contribution is 7.99. The van der Waals surface area contributed by atoms with Crippen LogP contribution < -0.4 is 10.2 Å². The van der Waals surface area contributed by atoms with Crippen LogP contribution in [0.5, 0.6) is 0 Å². The molecule has 1 N–H and O–H groups in total. The molecule has 1 aromatic carbocycles. The third-order valence-electron chi connectivity index (χ3n) is 7.71. The molecule has 1 aliphatic heterocycles. The zero-order valence-electron chi connectivity index (χ0n) is 16.7. The van der Waals surface area contributed by atoms with Crippen LogP contribution in [0.1, 0.15) is 51.9 Å². The van der Waals surface area contributed by atoms with Gasteiger partial charge >= 0.3 is 0 Å². The average Bonchev–Trinajstić information content (AvgIpc) is 2.80. The Morgan fingerprint density at radius 1 is 1.18 bits per heavy atom. The number of carbonyl (C=O) groups is 2. The summed E-state index contributed by atoms with van der Waals surface area (Å²) in [4.78, 5) is 28.4. The van der Waals surface area contributed by atoms with Gasteiger partial charge < -0.3 is 10.2 Å². The van der Waals surface area contributed by atoms with Crippen LogP contribution in [0.3, 0.4) is 0 Å². The van der Waals surface area contributed by atoms with Crippen molar-refractivity contribution in [1.82, 2.24) is 5.32 Å². The Morgan fingerprint density at radius 2 is 1.82 bits per heavy atom. The zero-order valence-corrected chi connectivity index (χ0v) is 17.5. The second-order valence-corrected chi connectivity index (χ2v) is 10.8. The summed E-state index contributed by atoms with van der Waals surface area (Å²) in [5.74, 6) is 3.44. The van der Waals surface area contributed by atoms with E-state index in [0.717, 1.165) is 34.1 Å². The lowest BCUT2D eigenvalue weighted by atomic mass is 9.48. The topological polar surface area (TPSA) is 49.4 Å². The zero-order chi connectivity index (χ0) is 19.3. The van der Waals surface area contributed by atoms with Gasteiger partial charge in [0, 0.05) is 23.1 Å². The van der Waals surface area contributed by atoms with Crippen LogP contribution in [0.2, 0.25) is 0 Å². The van der Waals surface area contributed by atoms with Crippen molar-refractivity contribution in [2.24, 2.45) is 23.2 Å². The van der Waals surface area contributed by atoms with E-state index in [2.05, 4.69) is 12.2 Å². The number of amides is 2. The lowest BCUT2D eigenvalue weighted by Gasteiger charge is -2.59. The van der Waals surface area contributed by atoms with Gasteiger partial charge in [0.05, 0.1) is 5.69 Å². The minimum atomic E-state index is -0.0155. The molecule has 0 radical (unpaired) electrons. The fraction of sp³-hybridized carbons (Fsp3) is 0.652. The first-order valence-electron chi connectivity index (χ1n) is 10.8. The summed E-state index contributed by atoms with van der Waals surface area (Å²) in [7, 11) is 0. The van der Waals surface area contributed by atoms with Crippen molar-refractivity contribution in [2.45, 2.75) is 62.8 Å². The van der Waals surface area contributed by atoms with E-state index in [1.165, 1.54) is 38.5 Å². The van der Waals surface area contributed by atoms with E-state index in [9.17, 15) is 9.59 Å². The van der Waals surface area contributed by atoms with Crippen LogP contribution in [-0.2, 0) is 9.59 Å². The number of carbonyl (C=O) groups excluding carboxylic acids is 2. The van der Waals surface area contributed by atoms with Crippen LogP contribution in [0, 0.1) is 23.2 Å². The van der Waals surface area contributed by atoms with E-state index < -0.39 is 0 Å². The van der Waals surface area contributed by atoms with E-state index in [1.54, 1.807) is 16.7 Å². The van der Waals surface area contributed by atoms with E-state index in [1.807, 2.05) is 24.3 Å². The van der Waals surface area contributed by atoms with Gasteiger partial charge in [-0.1, -0.05) is 12.1 Å². The van der Waals surface area contributed by atoms with Crippen LogP contribution >= 0.6 is 11.8 Å². The van der Waals surface area contributed by atoms with Gasteiger partial charge in [-0.15, -0.1) is 11.8 Å². The van der Waals surface area contributed by atoms with Gasteiger partial charge in [-0.3, -0.25) is 9.59 Å². The van der Waals surface area contributed by atoms with E-state index in [4.69, 9.17) is 0 Å². The molecular weight excluding hydrogens is 368 g/mol. The molecule has 150 valence electrons. The van der Waals surface area contributed by atoms with Crippen molar-refractivity contribution in [3.63, 3.8) is 0 Å². The first-order chi connectivity index (χ1) is 13.5. The van der Waals surface area contributed by atoms with Crippen LogP contribution in [0.25, 0.3) is 0 Å². The highest BCUT2D eigenvalue weighted by Crippen LogP contribution is 2.61. The van der Waals surface area contributed by atoms with Gasteiger partial charge in [-0.25, -0.2) is 0 Å². The second kappa shape index (κ2) is 7.08. The van der Waals surface area contributed by atoms with Crippen LogP contribution in [0.4, 0.5) is 5.69 Å². The van der Waals surface area contributed by atoms with E-state index in [0.29, 0.717) is 11.8 Å². The molecule has 1 heterocycles. The first kappa shape index (κ1) is 18.5. The number of nitrogens with one attached hydrogen (secondary N) is 1. The number of hydrogen-bond donors (Lipinski definition) is 1. The SMILES string of the molecule is C[C@H](NC(=O)CN1C(=O)CCSc2ccccc21)C12CC3CC(CC(C3)C1)C2. The smallest absolute Gasteiger partial charge is 0.240 e. The largest absolute Gasteiger partial charge is 0.352 e. The quantitative estimate of drug-likeness (QED) is 0.825. The van der Waals surface area contributed by atoms with E-state index in [-0.39, 0.29) is 24.4 Å². The molecule has 1 aromatic rings. The molecule has 28 heavy (non-hydrogen) atoms. The Balaban J connectivity index is 1.29. The van der Waals surface area contributed by atoms with Gasteiger partial charge in [0.15, 0.2) is 0 Å². The average molecular weight is 399 g/mol. The number of hydrogen-bond acceptors (Lipinski definition) is 3. The van der Waals surface area contributed by atoms with Gasteiger partial charge in [-0.05, 0) is 80.8 Å². The van der Waals surface area contributed by atoms with Crippen molar-refractivity contribution in [2.75, 3.05) is 17.2 Å². The van der Waals surface area contributed by atoms with Gasteiger partial charge in [-0.2, -0.15) is 0 Å². The molecule has 0 spiro atoms. The van der Waals surface area contributed by atoms with Crippen molar-refractivity contribution >= 4 is 29.3 Å². The Labute approximate surface area is 171 Å². The Morgan fingerprint density at radius 3 is 2.50 bits per heavy atom. The van der Waals surface area contributed by atoms with Crippen molar-refractivity contribution in [1.29, 1.82) is 0 Å². The van der Waals surface area contributed by atoms with Crippen molar-refractivity contribution in [3.8, 4) is 0 Å². The number of nitrogens with zero attached hydrogens (tertiary/aromatic N) is 1. The molecule has 5 heteroatoms. The number of benzene rings is 1. The fourth-order valence-corrected chi connectivity index (χ4v) is 7.78. The summed E-state index contributed by atoms with van der Waals surface area (Å²) in [6.07, 6.45) is 8.56. The number of anilines is 1. The Kier molecular flexibility index (Phi) is 4.69. The molecule has 6 rings (SSSR count). The molecule has 0 aromatic heterocycles. The maximum atomic E-state index is 13.0. The summed E-state index contributed by atoms with van der Waals surface area (Å²) in [5.41, 5.74) is 1.17. The Bertz CT molecular complexity index is 757. The highest BCUT2D eigenvalue weighted by atomic mass is 32.2. The first-order valence-corrected chi connectivity index (χ1v) is 11.8. The predicted octanol–water partition coefficient (Wildman–Crippen LogP) is 4.24. The third-order valence-corrected chi connectivity index (χ3v) is 8.78. The molecule has 2 amide bonds. The van der Waals surface area contributed by atoms with Crippen LogP contribution in [0.15, 0.2) is 29.2 Å². The van der Waals surface area contributed by atoms with Crippen LogP contribution in [-0.4, -0.2) is 30.2 Å². The molecule has 4 aliphatic carbocycles. The third kappa shape index (κ3) is 3.26. The monoisotopic (exact) mass is 398 g/mol. The summed E-state index contributed by atoms with van der Waals surface area (Å²) in [5, 5.41) is 3.32. The van der Waals surface area contributed by atoms with Gasteiger partial charge in [0.1, 0.15) is 6.54 Å². The molecule has 4 nitrogen and oxygen atoms in total. The maximum absolute atomic E-state index is 13.0. The summed E-state index contributed by atoms with van der Waals surface area (Å²) in [6, 6.07) is 8.14. The highest BCUT2D eigenvalue weighted by Gasteiger charge is 2.53. The fourth-order valence-electron chi connectivity index (χ4n) is 6.78. The molecule has 0 saturated heterocycles. The molecule has 5 aliphatic rings. The van der Waals surface area contributed by atoms with Gasteiger partial charge in [0.25, 0.3) is 0 Å². The van der Waals surface area contributed by atoms with Gasteiger partial charge in [0.2, 0.25) is 11.8 Å². The molecule has 4 bridgehead atoms. The number of thioether (sulfide) groups is 1. The molecule has 4 saturated carbocycles. The maximum Gasteiger partial charge on any atom is 0.240 e. The normalized spacial score (nSPS) is 34.7. The summed E-state index contributed by atoms with van der Waals surface area (Å²) >= 11 is 1.70. The summed E-state index contributed by atoms with van der Waals surface area (Å²) < 4.78 is 0. The second-order valence-electron chi connectivity index (χ2n) is 9.62. The lowest BCUT2D eigenvalue weighted by Crippen LogP contribution is -2.57. The molecular formula is C23H30N2O2S. The summed E-state index contributed by atoms with van der Waals surface area (Å²) in [6.45, 7) is 2.34. The number of fused-ring (bicyclic) bond motifs is 1. The molecule has 0 unspecified atom stereocenters. The predicted molar refractivity (Wildman–Crippen MR) is 112 cm³/mol. The van der Waals surface area contributed by atoms with Crippen molar-refractivity contribution in [3.05, 3.63) is 24.3 Å². The van der Waals surface area contributed by atoms with E-state index >= 15 is 0 Å². The number of para-hydroxylation sites is 1. The Hall–Kier alpha value is -1.49. The minimum absolute atomic E-state index is 0.0155. The molecule has 4 fully saturated rings. The standard InChI is InChI=1S/C23H30N2O2S/c1-15(23-11-16-8-17(12-23)10-18(9-16)13-23)24-21(26)14-25-19-4-2-3-5-20(19)28-7-6-22(25)27/h2-5,15-18H,6-14H2,1H3,(H,24,26)/t15-,16?,17?,18?,23?/m0/s1. The minimum Gasteiger partial charge on any atom is -0.352 e. The molecule has 1 atom stereocenters.